The van der Waals surface area contributed by atoms with Crippen LogP contribution in [0, 0.1) is 13.8 Å². The smallest absolute Gasteiger partial charge is 0.0747 e. The number of allylic oxidation sites excluding steroid dienone is 1. The van der Waals surface area contributed by atoms with Gasteiger partial charge >= 0.3 is 0 Å². The fourth-order valence-corrected chi connectivity index (χ4v) is 14.8. The zero-order chi connectivity index (χ0) is 20.8. The molecule has 0 N–H and O–H groups in total. The van der Waals surface area contributed by atoms with Gasteiger partial charge in [0.1, 0.15) is 0 Å². The predicted octanol–water partition coefficient (Wildman–Crippen LogP) is 8.68. The summed E-state index contributed by atoms with van der Waals surface area (Å²) in [6.07, 6.45) is 2.49. The summed E-state index contributed by atoms with van der Waals surface area (Å²) >= 11 is 4.09. The maximum atomic E-state index is 2.65. The largest absolute Gasteiger partial charge is 0.145 e. The molecule has 2 aliphatic carbocycles. The summed E-state index contributed by atoms with van der Waals surface area (Å²) in [6.45, 7) is 12.2. The van der Waals surface area contributed by atoms with Crippen molar-refractivity contribution in [2.75, 3.05) is 0 Å². The van der Waals surface area contributed by atoms with Gasteiger partial charge in [-0.25, -0.2) is 0 Å². The van der Waals surface area contributed by atoms with E-state index < -0.39 is 8.07 Å². The Morgan fingerprint density at radius 1 is 0.767 bits per heavy atom. The average molecular weight is 443 g/mol. The molecule has 0 saturated carbocycles. The van der Waals surface area contributed by atoms with E-state index in [0.717, 1.165) is 0 Å². The molecule has 3 heteroatoms. The van der Waals surface area contributed by atoms with Gasteiger partial charge in [-0.1, -0.05) is 61.1 Å². The Hall–Kier alpha value is -1.94. The van der Waals surface area contributed by atoms with E-state index in [-0.39, 0.29) is 0 Å². The van der Waals surface area contributed by atoms with Gasteiger partial charge in [-0.05, 0) is 65.9 Å². The van der Waals surface area contributed by atoms with Gasteiger partial charge in [-0.2, -0.15) is 0 Å². The molecule has 4 aromatic rings. The van der Waals surface area contributed by atoms with Crippen LogP contribution in [-0.4, -0.2) is 8.07 Å². The number of fused-ring (bicyclic) bond motifs is 6. The summed E-state index contributed by atoms with van der Waals surface area (Å²) in [4.78, 5) is 6.20. The summed E-state index contributed by atoms with van der Waals surface area (Å²) in [5, 5.41) is 2.77. The van der Waals surface area contributed by atoms with Crippen molar-refractivity contribution in [1.29, 1.82) is 0 Å². The van der Waals surface area contributed by atoms with Crippen LogP contribution < -0.4 is 0 Å². The lowest BCUT2D eigenvalue weighted by Crippen LogP contribution is -2.41. The van der Waals surface area contributed by atoms with E-state index in [1.807, 2.05) is 22.7 Å². The van der Waals surface area contributed by atoms with Crippen LogP contribution in [0.15, 0.2) is 54.1 Å². The predicted molar refractivity (Wildman–Crippen MR) is 137 cm³/mol. The maximum Gasteiger partial charge on any atom is 0.0747 e. The number of thiophene rings is 2. The molecule has 2 aromatic carbocycles. The van der Waals surface area contributed by atoms with E-state index in [9.17, 15) is 0 Å². The van der Waals surface area contributed by atoms with E-state index in [0.29, 0.717) is 11.1 Å². The third-order valence-corrected chi connectivity index (χ3v) is 14.2. The zero-order valence-corrected chi connectivity index (χ0v) is 20.8. The molecule has 0 saturated heterocycles. The molecule has 0 fully saturated rings. The summed E-state index contributed by atoms with van der Waals surface area (Å²) < 4.78 is 0. The Labute approximate surface area is 187 Å². The summed E-state index contributed by atoms with van der Waals surface area (Å²) in [5.74, 6) is 0. The van der Waals surface area contributed by atoms with Gasteiger partial charge in [-0.3, -0.25) is 0 Å². The molecule has 6 rings (SSSR count). The second-order valence-electron chi connectivity index (χ2n) is 9.64. The lowest BCUT2D eigenvalue weighted by molar-refractivity contribution is 1.01. The van der Waals surface area contributed by atoms with Crippen LogP contribution in [0.25, 0.3) is 28.0 Å². The minimum Gasteiger partial charge on any atom is -0.145 e. The van der Waals surface area contributed by atoms with Crippen LogP contribution in [0.1, 0.15) is 48.6 Å². The van der Waals surface area contributed by atoms with Crippen LogP contribution in [0.2, 0.25) is 13.1 Å². The van der Waals surface area contributed by atoms with Crippen molar-refractivity contribution in [3.05, 3.63) is 84.7 Å². The highest BCUT2D eigenvalue weighted by Crippen LogP contribution is 2.59. The van der Waals surface area contributed by atoms with Gasteiger partial charge in [-0.15, -0.1) is 22.7 Å². The van der Waals surface area contributed by atoms with Crippen LogP contribution in [0.3, 0.4) is 0 Å². The minimum atomic E-state index is -1.76. The molecular weight excluding hydrogens is 417 g/mol. The van der Waals surface area contributed by atoms with E-state index >= 15 is 0 Å². The molecule has 0 radical (unpaired) electrons. The van der Waals surface area contributed by atoms with Crippen LogP contribution in [-0.2, 0) is 0 Å². The molecular formula is C27H26S2Si. The van der Waals surface area contributed by atoms with Crippen molar-refractivity contribution in [2.24, 2.45) is 0 Å². The number of hydrogen-bond donors (Lipinski definition) is 0. The molecule has 0 amide bonds. The van der Waals surface area contributed by atoms with Gasteiger partial charge in [0, 0.05) is 30.6 Å². The van der Waals surface area contributed by atoms with Gasteiger partial charge in [0.25, 0.3) is 0 Å². The van der Waals surface area contributed by atoms with Crippen LogP contribution in [0.5, 0.6) is 0 Å². The fraction of sp³-hybridized carbons (Fsp3) is 0.259. The average Bonchev–Trinajstić information content (AvgIpc) is 3.40. The Bertz CT molecular complexity index is 1320. The van der Waals surface area contributed by atoms with Crippen molar-refractivity contribution in [3.63, 3.8) is 0 Å². The number of aryl methyl sites for hydroxylation is 2. The molecule has 0 aliphatic heterocycles. The van der Waals surface area contributed by atoms with Gasteiger partial charge in [0.2, 0.25) is 0 Å². The van der Waals surface area contributed by atoms with Crippen LogP contribution >= 0.6 is 22.7 Å². The van der Waals surface area contributed by atoms with Gasteiger partial charge in [0.15, 0.2) is 0 Å². The Kier molecular flexibility index (Phi) is 3.94. The lowest BCUT2D eigenvalue weighted by atomic mass is 10.0. The first kappa shape index (κ1) is 18.8. The first-order valence-corrected chi connectivity index (χ1v) is 15.6. The third kappa shape index (κ3) is 2.43. The molecule has 2 aromatic heterocycles. The van der Waals surface area contributed by atoms with E-state index in [2.05, 4.69) is 88.5 Å². The quantitative estimate of drug-likeness (QED) is 0.272. The molecule has 0 nitrogen and oxygen atoms in total. The Morgan fingerprint density at radius 2 is 1.40 bits per heavy atom. The molecule has 150 valence electrons. The van der Waals surface area contributed by atoms with E-state index in [1.165, 1.54) is 37.2 Å². The summed E-state index contributed by atoms with van der Waals surface area (Å²) in [7, 11) is -1.76. The van der Waals surface area contributed by atoms with Crippen molar-refractivity contribution < 1.29 is 0 Å². The first-order chi connectivity index (χ1) is 14.4. The normalized spacial score (nSPS) is 17.9. The number of hydrogen-bond acceptors (Lipinski definition) is 2. The first-order valence-electron chi connectivity index (χ1n) is 10.8. The van der Waals surface area contributed by atoms with E-state index in [1.54, 1.807) is 20.9 Å². The monoisotopic (exact) mass is 442 g/mol. The summed E-state index contributed by atoms with van der Waals surface area (Å²) in [5.41, 5.74) is 8.84. The van der Waals surface area contributed by atoms with E-state index in [4.69, 9.17) is 0 Å². The van der Waals surface area contributed by atoms with Gasteiger partial charge < -0.3 is 0 Å². The standard InChI is InChI=1S/C27H26S2Si/c1-15-12-21-19-9-7-6-8-18(19)10-11-20(21)26(15)30(4,5)27-24-22(13-16(2)28-24)23-14-17(3)29-25(23)27/h6-14,26-27H,1-5H3. The molecule has 0 spiro atoms. The Balaban J connectivity index is 1.56. The van der Waals surface area contributed by atoms with Crippen molar-refractivity contribution >= 4 is 47.6 Å². The zero-order valence-electron chi connectivity index (χ0n) is 18.2. The topological polar surface area (TPSA) is 0 Å². The number of rotatable bonds is 2. The minimum absolute atomic E-state index is 0.575. The van der Waals surface area contributed by atoms with Crippen LogP contribution in [0.4, 0.5) is 0 Å². The van der Waals surface area contributed by atoms with Crippen molar-refractivity contribution in [2.45, 2.75) is 44.9 Å². The molecule has 1 unspecified atom stereocenters. The molecule has 2 heterocycles. The molecule has 0 bridgehead atoms. The highest BCUT2D eigenvalue weighted by Gasteiger charge is 2.49. The highest BCUT2D eigenvalue weighted by atomic mass is 32.1. The lowest BCUT2D eigenvalue weighted by Gasteiger charge is -2.37. The van der Waals surface area contributed by atoms with Crippen molar-refractivity contribution in [1.82, 2.24) is 0 Å². The van der Waals surface area contributed by atoms with Gasteiger partial charge in [0.05, 0.1) is 8.07 Å². The maximum absolute atomic E-state index is 2.65. The third-order valence-electron chi connectivity index (χ3n) is 7.21. The second-order valence-corrected chi connectivity index (χ2v) is 17.0. The molecule has 2 aliphatic rings. The summed E-state index contributed by atoms with van der Waals surface area (Å²) in [6, 6.07) is 18.5. The fourth-order valence-electron chi connectivity index (χ4n) is 6.14. The molecule has 30 heavy (non-hydrogen) atoms. The number of benzene rings is 2. The second kappa shape index (κ2) is 6.29. The van der Waals surface area contributed by atoms with Crippen molar-refractivity contribution in [3.8, 4) is 11.1 Å². The highest BCUT2D eigenvalue weighted by molar-refractivity contribution is 7.16. The SMILES string of the molecule is CC1=Cc2c(ccc3ccccc23)C1[Si](C)(C)C1c2sc(C)cc2-c2cc(C)sc21. The molecule has 1 atom stereocenters. The Morgan fingerprint density at radius 3 is 2.07 bits per heavy atom.